The van der Waals surface area contributed by atoms with Gasteiger partial charge in [0.2, 0.25) is 0 Å². The Morgan fingerprint density at radius 1 is 1.12 bits per heavy atom. The van der Waals surface area contributed by atoms with Crippen molar-refractivity contribution in [1.29, 1.82) is 0 Å². The molecule has 0 aromatic rings. The van der Waals surface area contributed by atoms with Gasteiger partial charge in [-0.05, 0) is 0 Å². The van der Waals surface area contributed by atoms with E-state index in [4.69, 9.17) is 19.2 Å². The average molecular weight is 338 g/mol. The van der Waals surface area contributed by atoms with Crippen LogP contribution < -0.4 is 33.5 Å². The van der Waals surface area contributed by atoms with E-state index in [1.165, 1.54) is 0 Å². The number of phosphoric acid groups is 1. The summed E-state index contributed by atoms with van der Waals surface area (Å²) in [6.07, 6.45) is 0. The molecule has 34 valence electrons. The van der Waals surface area contributed by atoms with Crippen LogP contribution in [-0.4, -0.2) is 43.6 Å². The van der Waals surface area contributed by atoms with Gasteiger partial charge < -0.3 is 19.2 Å². The zero-order valence-corrected chi connectivity index (χ0v) is 9.63. The van der Waals surface area contributed by atoms with Crippen molar-refractivity contribution in [3.63, 3.8) is 0 Å². The monoisotopic (exact) mass is 338 g/mol. The number of rotatable bonds is 0. The van der Waals surface area contributed by atoms with E-state index in [1.807, 2.05) is 0 Å². The minimum absolute atomic E-state index is 0. The fourth-order valence-corrected chi connectivity index (χ4v) is 0. The smallest absolute Gasteiger partial charge is 0.822 e. The van der Waals surface area contributed by atoms with Gasteiger partial charge in [-0.2, -0.15) is 7.82 Å². The second kappa shape index (κ2) is 9.12. The molecule has 0 aromatic heterocycles. The third kappa shape index (κ3) is 91.4. The van der Waals surface area contributed by atoms with Crippen molar-refractivity contribution in [2.24, 2.45) is 0 Å². The maximum absolute atomic E-state index is 8.55. The molecule has 0 bridgehead atoms. The summed E-state index contributed by atoms with van der Waals surface area (Å²) in [7, 11) is -5.39. The SMILES string of the molecule is O=P([O-])([O-])[O-].[Al+3].[Bi+3].[Li+]. The van der Waals surface area contributed by atoms with Crippen LogP contribution in [0.4, 0.5) is 0 Å². The van der Waals surface area contributed by atoms with E-state index in [0.29, 0.717) is 0 Å². The summed E-state index contributed by atoms with van der Waals surface area (Å²) in [5.74, 6) is 0. The Morgan fingerprint density at radius 2 is 1.12 bits per heavy atom. The minimum atomic E-state index is -5.39. The molecule has 0 amide bonds. The standard InChI is InChI=1S/Al.Bi.Li.H3O4P/c;;;1-5(2,3)4/h;;;(H3,1,2,3,4)/q2*+3;+1;/p-3. The van der Waals surface area contributed by atoms with E-state index in [2.05, 4.69) is 0 Å². The second-order valence-corrected chi connectivity index (χ2v) is 1.34. The summed E-state index contributed by atoms with van der Waals surface area (Å²) in [5.41, 5.74) is 0. The first-order valence-electron chi connectivity index (χ1n) is 0.730. The van der Waals surface area contributed by atoms with Crippen molar-refractivity contribution in [1.82, 2.24) is 0 Å². The molecule has 0 fully saturated rings. The maximum atomic E-state index is 8.55. The maximum Gasteiger partial charge on any atom is 3.00 e. The largest absolute Gasteiger partial charge is 3.00 e. The van der Waals surface area contributed by atoms with Gasteiger partial charge in [-0.15, -0.1) is 0 Å². The molecule has 0 saturated heterocycles. The Morgan fingerprint density at radius 3 is 1.12 bits per heavy atom. The van der Waals surface area contributed by atoms with Gasteiger partial charge in [0.25, 0.3) is 0 Å². The Balaban J connectivity index is -0.0000000267. The van der Waals surface area contributed by atoms with E-state index < -0.39 is 7.82 Å². The molecule has 0 rings (SSSR count). The van der Waals surface area contributed by atoms with Crippen molar-refractivity contribution >= 4 is 51.4 Å². The van der Waals surface area contributed by atoms with Gasteiger partial charge in [-0.3, -0.25) is 0 Å². The molecule has 0 aliphatic rings. The predicted molar refractivity (Wildman–Crippen MR) is 19.1 cm³/mol. The van der Waals surface area contributed by atoms with Gasteiger partial charge >= 0.3 is 62.4 Å². The van der Waals surface area contributed by atoms with Crippen LogP contribution >= 0.6 is 7.82 Å². The average Bonchev–Trinajstić information content (AvgIpc) is 0.722. The number of hydrogen-bond acceptors (Lipinski definition) is 4. The normalized spacial score (nSPS) is 7.38. The quantitative estimate of drug-likeness (QED) is 0.325. The van der Waals surface area contributed by atoms with Crippen molar-refractivity contribution in [2.45, 2.75) is 0 Å². The molecule has 4 nitrogen and oxygen atoms in total. The van der Waals surface area contributed by atoms with Gasteiger partial charge in [0.15, 0.2) is 0 Å². The molecule has 0 unspecified atom stereocenters. The fourth-order valence-electron chi connectivity index (χ4n) is 0. The molecule has 0 saturated carbocycles. The topological polar surface area (TPSA) is 86.2 Å². The van der Waals surface area contributed by atoms with Gasteiger partial charge in [-0.1, -0.05) is 0 Å². The molecular weight excluding hydrogens is 338 g/mol. The summed E-state index contributed by atoms with van der Waals surface area (Å²) in [6.45, 7) is 0. The van der Waals surface area contributed by atoms with Crippen molar-refractivity contribution in [2.75, 3.05) is 0 Å². The van der Waals surface area contributed by atoms with Crippen LogP contribution in [0.25, 0.3) is 0 Å². The van der Waals surface area contributed by atoms with Crippen LogP contribution in [0.2, 0.25) is 0 Å². The molecule has 8 heavy (non-hydrogen) atoms. The Bertz CT molecular complexity index is 62.2. The van der Waals surface area contributed by atoms with Crippen LogP contribution in [0, 0.1) is 0 Å². The van der Waals surface area contributed by atoms with Crippen LogP contribution in [0.3, 0.4) is 0 Å². The van der Waals surface area contributed by atoms with Gasteiger partial charge in [-0.25, -0.2) is 0 Å². The third-order valence-electron chi connectivity index (χ3n) is 0. The molecule has 0 heterocycles. The first kappa shape index (κ1) is 22.5. The fraction of sp³-hybridized carbons (Fsp3) is 0. The number of hydrogen-bond donors (Lipinski definition) is 0. The molecule has 0 atom stereocenters. The molecule has 0 aliphatic carbocycles. The van der Waals surface area contributed by atoms with E-state index in [9.17, 15) is 0 Å². The molecule has 0 aromatic carbocycles. The molecule has 0 N–H and O–H groups in total. The Kier molecular flexibility index (Phi) is 25.6. The second-order valence-electron chi connectivity index (χ2n) is 0.447. The summed E-state index contributed by atoms with van der Waals surface area (Å²) >= 11 is 0. The summed E-state index contributed by atoms with van der Waals surface area (Å²) in [4.78, 5) is 25.6. The van der Waals surface area contributed by atoms with E-state index in [1.54, 1.807) is 0 Å². The third-order valence-corrected chi connectivity index (χ3v) is 0. The molecule has 8 heteroatoms. The molecule has 2 radical (unpaired) electrons. The van der Waals surface area contributed by atoms with Gasteiger partial charge in [0, 0.05) is 0 Å². The van der Waals surface area contributed by atoms with Crippen molar-refractivity contribution in [3.8, 4) is 0 Å². The van der Waals surface area contributed by atoms with Crippen LogP contribution in [0.5, 0.6) is 0 Å². The van der Waals surface area contributed by atoms with Crippen LogP contribution in [-0.2, 0) is 4.57 Å². The summed E-state index contributed by atoms with van der Waals surface area (Å²) in [5, 5.41) is 0. The predicted octanol–water partition coefficient (Wildman–Crippen LogP) is -6.58. The van der Waals surface area contributed by atoms with E-state index >= 15 is 0 Å². The first-order chi connectivity index (χ1) is 2.00. The molecule has 0 aliphatic heterocycles. The van der Waals surface area contributed by atoms with Crippen LogP contribution in [0.1, 0.15) is 0 Å². The Labute approximate surface area is 88.7 Å². The summed E-state index contributed by atoms with van der Waals surface area (Å²) in [6, 6.07) is 0. The molecule has 0 spiro atoms. The summed E-state index contributed by atoms with van der Waals surface area (Å²) < 4.78 is 8.55. The van der Waals surface area contributed by atoms with Gasteiger partial charge in [0.05, 0.1) is 0 Å². The zero-order chi connectivity index (χ0) is 4.50. The van der Waals surface area contributed by atoms with Crippen molar-refractivity contribution in [3.05, 3.63) is 0 Å². The van der Waals surface area contributed by atoms with E-state index in [-0.39, 0.29) is 62.4 Å². The first-order valence-corrected chi connectivity index (χ1v) is 2.19. The van der Waals surface area contributed by atoms with Crippen LogP contribution in [0.15, 0.2) is 0 Å². The Hall–Kier alpha value is 2.12. The van der Waals surface area contributed by atoms with Crippen molar-refractivity contribution < 1.29 is 38.1 Å². The van der Waals surface area contributed by atoms with E-state index in [0.717, 1.165) is 0 Å². The minimum Gasteiger partial charge on any atom is -0.822 e. The molecular formula is AlBiLiO4P+4. The van der Waals surface area contributed by atoms with Gasteiger partial charge in [0.1, 0.15) is 0 Å². The zero-order valence-electron chi connectivity index (χ0n) is 4.10.